The molecule has 0 aliphatic rings. The second-order valence-corrected chi connectivity index (χ2v) is 8.35. The number of aryl methyl sites for hydroxylation is 2. The Morgan fingerprint density at radius 1 is 1.00 bits per heavy atom. The molecule has 0 spiro atoms. The van der Waals surface area contributed by atoms with Gasteiger partial charge >= 0.3 is 0 Å². The summed E-state index contributed by atoms with van der Waals surface area (Å²) in [5.41, 5.74) is 5.36. The summed E-state index contributed by atoms with van der Waals surface area (Å²) in [5, 5.41) is 7.85. The molecule has 0 saturated heterocycles. The van der Waals surface area contributed by atoms with Crippen LogP contribution in [0.4, 0.5) is 0 Å². The molecule has 0 fully saturated rings. The molecule has 0 aliphatic carbocycles. The number of hydrogen-bond acceptors (Lipinski definition) is 5. The van der Waals surface area contributed by atoms with Crippen LogP contribution in [-0.2, 0) is 13.6 Å². The number of nitrogens with one attached hydrogen (secondary N) is 1. The molecule has 8 heteroatoms. The zero-order valence-corrected chi connectivity index (χ0v) is 20.2. The number of carbonyl (C=O) groups is 1. The molecule has 0 atom stereocenters. The van der Waals surface area contributed by atoms with Gasteiger partial charge in [-0.05, 0) is 53.9 Å². The number of rotatable bonds is 7. The first kappa shape index (κ1) is 23.3. The molecule has 1 N–H and O–H groups in total. The molecule has 1 amide bonds. The predicted molar refractivity (Wildman–Crippen MR) is 132 cm³/mol. The van der Waals surface area contributed by atoms with E-state index in [0.29, 0.717) is 34.3 Å². The number of amides is 1. The van der Waals surface area contributed by atoms with Gasteiger partial charge in [-0.25, -0.2) is 0 Å². The van der Waals surface area contributed by atoms with Gasteiger partial charge in [0.05, 0.1) is 31.7 Å². The van der Waals surface area contributed by atoms with Crippen molar-refractivity contribution in [1.82, 2.24) is 20.1 Å². The summed E-state index contributed by atoms with van der Waals surface area (Å²) in [7, 11) is 4.99. The third-order valence-electron chi connectivity index (χ3n) is 5.39. The van der Waals surface area contributed by atoms with E-state index in [1.165, 1.54) is 0 Å². The molecule has 0 saturated carbocycles. The Labute approximate surface area is 203 Å². The van der Waals surface area contributed by atoms with Gasteiger partial charge in [0, 0.05) is 42.1 Å². The van der Waals surface area contributed by atoms with Crippen LogP contribution in [-0.4, -0.2) is 34.9 Å². The number of ether oxygens (including phenoxy) is 2. The Hall–Kier alpha value is -3.84. The van der Waals surface area contributed by atoms with E-state index in [1.54, 1.807) is 31.3 Å². The van der Waals surface area contributed by atoms with Crippen molar-refractivity contribution in [1.29, 1.82) is 0 Å². The first-order valence-corrected chi connectivity index (χ1v) is 11.0. The largest absolute Gasteiger partial charge is 0.493 e. The minimum absolute atomic E-state index is 0.248. The highest BCUT2D eigenvalue weighted by molar-refractivity contribution is 6.31. The second kappa shape index (κ2) is 9.97. The quantitative estimate of drug-likeness (QED) is 0.403. The van der Waals surface area contributed by atoms with Gasteiger partial charge in [0.25, 0.3) is 5.91 Å². The molecule has 4 rings (SSSR count). The van der Waals surface area contributed by atoms with Crippen LogP contribution in [0.5, 0.6) is 11.5 Å². The van der Waals surface area contributed by atoms with Crippen molar-refractivity contribution in [3.8, 4) is 33.9 Å². The predicted octanol–water partition coefficient (Wildman–Crippen LogP) is 5.06. The lowest BCUT2D eigenvalue weighted by atomic mass is 10.0. The van der Waals surface area contributed by atoms with Crippen LogP contribution in [0.1, 0.15) is 21.5 Å². The smallest absolute Gasteiger partial charge is 0.253 e. The van der Waals surface area contributed by atoms with Crippen molar-refractivity contribution >= 4 is 17.5 Å². The average Bonchev–Trinajstić information content (AvgIpc) is 3.27. The van der Waals surface area contributed by atoms with Crippen molar-refractivity contribution in [2.24, 2.45) is 7.05 Å². The highest BCUT2D eigenvalue weighted by Gasteiger charge is 2.18. The highest BCUT2D eigenvalue weighted by Crippen LogP contribution is 2.30. The lowest BCUT2D eigenvalue weighted by Gasteiger charge is -2.13. The molecular formula is C26H25ClN4O3. The van der Waals surface area contributed by atoms with Gasteiger partial charge in [-0.15, -0.1) is 0 Å². The Morgan fingerprint density at radius 2 is 1.79 bits per heavy atom. The van der Waals surface area contributed by atoms with E-state index in [1.807, 2.05) is 62.6 Å². The molecule has 0 unspecified atom stereocenters. The van der Waals surface area contributed by atoms with Crippen LogP contribution >= 0.6 is 11.6 Å². The fourth-order valence-electron chi connectivity index (χ4n) is 3.74. The van der Waals surface area contributed by atoms with Gasteiger partial charge < -0.3 is 14.8 Å². The molecule has 174 valence electrons. The second-order valence-electron chi connectivity index (χ2n) is 7.91. The van der Waals surface area contributed by atoms with Crippen LogP contribution in [0, 0.1) is 6.92 Å². The Balaban J connectivity index is 1.68. The molecule has 2 heterocycles. The minimum Gasteiger partial charge on any atom is -0.493 e. The number of pyridine rings is 1. The van der Waals surface area contributed by atoms with E-state index in [0.717, 1.165) is 27.8 Å². The lowest BCUT2D eigenvalue weighted by molar-refractivity contribution is 0.0951. The first-order chi connectivity index (χ1) is 16.4. The fraction of sp³-hybridized carbons (Fsp3) is 0.192. The first-order valence-electron chi connectivity index (χ1n) is 10.6. The maximum atomic E-state index is 13.4. The molecule has 2 aromatic carbocycles. The topological polar surface area (TPSA) is 78.3 Å². The van der Waals surface area contributed by atoms with E-state index >= 15 is 0 Å². The molecule has 0 radical (unpaired) electrons. The van der Waals surface area contributed by atoms with Gasteiger partial charge in [0.2, 0.25) is 0 Å². The van der Waals surface area contributed by atoms with Crippen LogP contribution in [0.25, 0.3) is 22.4 Å². The summed E-state index contributed by atoms with van der Waals surface area (Å²) >= 11 is 6.27. The minimum atomic E-state index is -0.248. The third-order valence-corrected chi connectivity index (χ3v) is 5.61. The van der Waals surface area contributed by atoms with Crippen molar-refractivity contribution in [2.45, 2.75) is 13.5 Å². The number of methoxy groups -OCH3 is 2. The third kappa shape index (κ3) is 5.05. The summed E-state index contributed by atoms with van der Waals surface area (Å²) in [5.74, 6) is 0.984. The van der Waals surface area contributed by atoms with Crippen LogP contribution in [0.3, 0.4) is 0 Å². The van der Waals surface area contributed by atoms with E-state index in [9.17, 15) is 4.79 Å². The molecule has 4 aromatic rings. The average molecular weight is 477 g/mol. The zero-order valence-electron chi connectivity index (χ0n) is 19.4. The van der Waals surface area contributed by atoms with Gasteiger partial charge in [-0.2, -0.15) is 5.10 Å². The van der Waals surface area contributed by atoms with Crippen LogP contribution in [0.15, 0.2) is 61.1 Å². The van der Waals surface area contributed by atoms with Crippen LogP contribution < -0.4 is 14.8 Å². The number of hydrogen-bond donors (Lipinski definition) is 1. The Morgan fingerprint density at radius 3 is 2.47 bits per heavy atom. The highest BCUT2D eigenvalue weighted by atomic mass is 35.5. The van der Waals surface area contributed by atoms with Gasteiger partial charge in [-0.1, -0.05) is 23.7 Å². The van der Waals surface area contributed by atoms with Gasteiger partial charge in [-0.3, -0.25) is 14.5 Å². The van der Waals surface area contributed by atoms with Gasteiger partial charge in [0.15, 0.2) is 11.5 Å². The fourth-order valence-corrected chi connectivity index (χ4v) is 4.03. The van der Waals surface area contributed by atoms with Crippen LogP contribution in [0.2, 0.25) is 5.02 Å². The monoisotopic (exact) mass is 476 g/mol. The van der Waals surface area contributed by atoms with Crippen molar-refractivity contribution in [2.75, 3.05) is 14.2 Å². The van der Waals surface area contributed by atoms with Crippen molar-refractivity contribution < 1.29 is 14.3 Å². The number of benzene rings is 2. The van der Waals surface area contributed by atoms with E-state index < -0.39 is 0 Å². The lowest BCUT2D eigenvalue weighted by Crippen LogP contribution is -2.24. The Kier molecular flexibility index (Phi) is 6.84. The zero-order chi connectivity index (χ0) is 24.2. The molecule has 34 heavy (non-hydrogen) atoms. The summed E-state index contributed by atoms with van der Waals surface area (Å²) in [6, 6.07) is 13.1. The normalized spacial score (nSPS) is 10.7. The molecule has 7 nitrogen and oxygen atoms in total. The van der Waals surface area contributed by atoms with E-state index in [4.69, 9.17) is 21.1 Å². The maximum absolute atomic E-state index is 13.4. The van der Waals surface area contributed by atoms with E-state index in [2.05, 4.69) is 15.4 Å². The summed E-state index contributed by atoms with van der Waals surface area (Å²) in [6.07, 6.45) is 5.27. The number of aromatic nitrogens is 3. The molecular weight excluding hydrogens is 452 g/mol. The van der Waals surface area contributed by atoms with Gasteiger partial charge in [0.1, 0.15) is 0 Å². The summed E-state index contributed by atoms with van der Waals surface area (Å²) in [6.45, 7) is 2.29. The molecule has 0 aliphatic heterocycles. The number of nitrogens with zero attached hydrogens (tertiary/aromatic N) is 3. The number of halogens is 1. The Bertz CT molecular complexity index is 1330. The van der Waals surface area contributed by atoms with Crippen molar-refractivity contribution in [3.05, 3.63) is 82.8 Å². The standard InChI is InChI=1S/C26H25ClN4O3/c1-16-7-18(10-21(27)8-16)19-11-22(25(28-13-19)20-14-30-31(2)15-20)26(32)29-12-17-5-6-23(33-3)24(9-17)34-4/h5-11,13-15H,12H2,1-4H3,(H,29,32). The van der Waals surface area contributed by atoms with E-state index in [-0.39, 0.29) is 5.91 Å². The SMILES string of the molecule is COc1ccc(CNC(=O)c2cc(-c3cc(C)cc(Cl)c3)cnc2-c2cnn(C)c2)cc1OC. The maximum Gasteiger partial charge on any atom is 0.253 e. The number of carbonyl (C=O) groups excluding carboxylic acids is 1. The summed E-state index contributed by atoms with van der Waals surface area (Å²) in [4.78, 5) is 18.0. The van der Waals surface area contributed by atoms with Crippen molar-refractivity contribution in [3.63, 3.8) is 0 Å². The summed E-state index contributed by atoms with van der Waals surface area (Å²) < 4.78 is 12.3. The molecule has 2 aromatic heterocycles. The molecule has 0 bridgehead atoms.